The molecule has 0 radical (unpaired) electrons. The third kappa shape index (κ3) is 3.84. The molecular formula is C15H20Cl2N2S. The van der Waals surface area contributed by atoms with Gasteiger partial charge in [-0.1, -0.05) is 24.1 Å². The van der Waals surface area contributed by atoms with Gasteiger partial charge in [-0.25, -0.2) is 4.98 Å². The largest absolute Gasteiger partial charge is 0.327 e. The van der Waals surface area contributed by atoms with Crippen molar-refractivity contribution in [2.75, 3.05) is 17.9 Å². The van der Waals surface area contributed by atoms with Gasteiger partial charge in [-0.15, -0.1) is 11.6 Å². The van der Waals surface area contributed by atoms with Crippen LogP contribution in [-0.2, 0) is 13.0 Å². The number of nitrogens with zero attached hydrogens (tertiary/aromatic N) is 2. The van der Waals surface area contributed by atoms with Crippen LogP contribution in [0.15, 0.2) is 18.2 Å². The molecular weight excluding hydrogens is 311 g/mol. The number of benzene rings is 1. The number of rotatable bonds is 8. The molecule has 0 unspecified atom stereocenters. The maximum atomic E-state index is 6.34. The normalized spacial score (nSPS) is 11.3. The monoisotopic (exact) mass is 330 g/mol. The van der Waals surface area contributed by atoms with Crippen LogP contribution >= 0.6 is 35.0 Å². The number of thioether (sulfide) groups is 1. The van der Waals surface area contributed by atoms with Crippen LogP contribution in [0.3, 0.4) is 0 Å². The number of alkyl halides is 1. The number of imidazole rings is 1. The van der Waals surface area contributed by atoms with Crippen molar-refractivity contribution in [3.63, 3.8) is 0 Å². The zero-order valence-electron chi connectivity index (χ0n) is 11.7. The fraction of sp³-hybridized carbons (Fsp3) is 0.533. The van der Waals surface area contributed by atoms with E-state index in [2.05, 4.69) is 15.8 Å². The minimum atomic E-state index is 0.591. The first kappa shape index (κ1) is 16.0. The van der Waals surface area contributed by atoms with Gasteiger partial charge in [-0.3, -0.25) is 0 Å². The SMILES string of the molecule is CSCCCCCn1c(CCCl)nc2cccc(Cl)c21. The Hall–Kier alpha value is -0.380. The van der Waals surface area contributed by atoms with Crippen LogP contribution in [0.1, 0.15) is 25.1 Å². The van der Waals surface area contributed by atoms with Gasteiger partial charge >= 0.3 is 0 Å². The molecule has 5 heteroatoms. The zero-order chi connectivity index (χ0) is 14.4. The van der Waals surface area contributed by atoms with Gasteiger partial charge in [-0.05, 0) is 37.0 Å². The van der Waals surface area contributed by atoms with E-state index >= 15 is 0 Å². The molecule has 0 bridgehead atoms. The Bertz CT molecular complexity index is 554. The number of para-hydroxylation sites is 1. The van der Waals surface area contributed by atoms with Crippen LogP contribution in [0, 0.1) is 0 Å². The maximum absolute atomic E-state index is 6.34. The van der Waals surface area contributed by atoms with E-state index in [1.54, 1.807) is 0 Å². The fourth-order valence-electron chi connectivity index (χ4n) is 2.40. The summed E-state index contributed by atoms with van der Waals surface area (Å²) in [5.41, 5.74) is 2.03. The summed E-state index contributed by atoms with van der Waals surface area (Å²) in [5.74, 6) is 2.88. The van der Waals surface area contributed by atoms with Gasteiger partial charge < -0.3 is 4.57 Å². The third-order valence-electron chi connectivity index (χ3n) is 3.34. The number of aryl methyl sites for hydroxylation is 2. The molecule has 1 heterocycles. The van der Waals surface area contributed by atoms with Crippen molar-refractivity contribution >= 4 is 46.0 Å². The summed E-state index contributed by atoms with van der Waals surface area (Å²) in [4.78, 5) is 4.67. The van der Waals surface area contributed by atoms with Gasteiger partial charge in [-0.2, -0.15) is 11.8 Å². The molecule has 0 aliphatic rings. The summed E-state index contributed by atoms with van der Waals surface area (Å²) < 4.78 is 2.25. The second-order valence-corrected chi connectivity index (χ2v) is 6.55. The summed E-state index contributed by atoms with van der Waals surface area (Å²) in [6.07, 6.45) is 6.61. The summed E-state index contributed by atoms with van der Waals surface area (Å²) in [5, 5.41) is 0.778. The Morgan fingerprint density at radius 2 is 2.10 bits per heavy atom. The smallest absolute Gasteiger partial charge is 0.111 e. The summed E-state index contributed by atoms with van der Waals surface area (Å²) in [6, 6.07) is 5.90. The van der Waals surface area contributed by atoms with E-state index in [1.807, 2.05) is 30.0 Å². The standard InChI is InChI=1S/C15H20Cl2N2S/c1-20-11-4-2-3-10-19-14(8-9-16)18-13-7-5-6-12(17)15(13)19/h5-7H,2-4,8-11H2,1H3. The van der Waals surface area contributed by atoms with Crippen molar-refractivity contribution in [3.8, 4) is 0 Å². The molecule has 0 spiro atoms. The van der Waals surface area contributed by atoms with E-state index in [1.165, 1.54) is 18.6 Å². The average molecular weight is 331 g/mol. The predicted octanol–water partition coefficient (Wildman–Crippen LogP) is 5.00. The van der Waals surface area contributed by atoms with E-state index < -0.39 is 0 Å². The van der Waals surface area contributed by atoms with Crippen LogP contribution in [0.4, 0.5) is 0 Å². The molecule has 1 aromatic carbocycles. The van der Waals surface area contributed by atoms with E-state index in [0.717, 1.165) is 41.3 Å². The molecule has 2 aromatic rings. The molecule has 0 saturated heterocycles. The number of hydrogen-bond acceptors (Lipinski definition) is 2. The predicted molar refractivity (Wildman–Crippen MR) is 91.4 cm³/mol. The molecule has 0 fully saturated rings. The second-order valence-electron chi connectivity index (χ2n) is 4.78. The van der Waals surface area contributed by atoms with Gasteiger partial charge in [0.05, 0.1) is 16.1 Å². The summed E-state index contributed by atoms with van der Waals surface area (Å²) >= 11 is 14.1. The van der Waals surface area contributed by atoms with E-state index in [0.29, 0.717) is 5.88 Å². The number of fused-ring (bicyclic) bond motifs is 1. The van der Waals surface area contributed by atoms with Crippen LogP contribution in [0.2, 0.25) is 5.02 Å². The lowest BCUT2D eigenvalue weighted by molar-refractivity contribution is 0.596. The number of aromatic nitrogens is 2. The van der Waals surface area contributed by atoms with Gasteiger partial charge in [0, 0.05) is 18.8 Å². The molecule has 0 aliphatic carbocycles. The van der Waals surface area contributed by atoms with Crippen LogP contribution in [-0.4, -0.2) is 27.4 Å². The average Bonchev–Trinajstić information content (AvgIpc) is 2.78. The molecule has 0 N–H and O–H groups in total. The Morgan fingerprint density at radius 3 is 2.85 bits per heavy atom. The van der Waals surface area contributed by atoms with Crippen LogP contribution < -0.4 is 0 Å². The topological polar surface area (TPSA) is 17.8 Å². The van der Waals surface area contributed by atoms with E-state index in [-0.39, 0.29) is 0 Å². The molecule has 0 aliphatic heterocycles. The Kier molecular flexibility index (Phi) is 6.53. The lowest BCUT2D eigenvalue weighted by Crippen LogP contribution is -2.05. The van der Waals surface area contributed by atoms with E-state index in [4.69, 9.17) is 23.2 Å². The van der Waals surface area contributed by atoms with Gasteiger partial charge in [0.25, 0.3) is 0 Å². The lowest BCUT2D eigenvalue weighted by atomic mass is 10.2. The molecule has 110 valence electrons. The highest BCUT2D eigenvalue weighted by molar-refractivity contribution is 7.98. The van der Waals surface area contributed by atoms with Crippen molar-refractivity contribution in [3.05, 3.63) is 29.0 Å². The first-order valence-corrected chi connectivity index (χ1v) is 9.27. The van der Waals surface area contributed by atoms with Crippen molar-refractivity contribution in [1.82, 2.24) is 9.55 Å². The first-order valence-electron chi connectivity index (χ1n) is 6.96. The number of halogens is 2. The summed E-state index contributed by atoms with van der Waals surface area (Å²) in [7, 11) is 0. The first-order chi connectivity index (χ1) is 9.77. The van der Waals surface area contributed by atoms with Gasteiger partial charge in [0.2, 0.25) is 0 Å². The van der Waals surface area contributed by atoms with Gasteiger partial charge in [0.15, 0.2) is 0 Å². The van der Waals surface area contributed by atoms with E-state index in [9.17, 15) is 0 Å². The molecule has 2 rings (SSSR count). The molecule has 2 nitrogen and oxygen atoms in total. The minimum absolute atomic E-state index is 0.591. The van der Waals surface area contributed by atoms with Gasteiger partial charge in [0.1, 0.15) is 5.82 Å². The summed E-state index contributed by atoms with van der Waals surface area (Å²) in [6.45, 7) is 0.973. The fourth-order valence-corrected chi connectivity index (χ4v) is 3.33. The molecule has 0 saturated carbocycles. The molecule has 0 atom stereocenters. The highest BCUT2D eigenvalue weighted by Gasteiger charge is 2.12. The van der Waals surface area contributed by atoms with Crippen molar-refractivity contribution in [2.24, 2.45) is 0 Å². The number of unbranched alkanes of at least 4 members (excludes halogenated alkanes) is 2. The molecule has 1 aromatic heterocycles. The van der Waals surface area contributed by atoms with Crippen molar-refractivity contribution in [2.45, 2.75) is 32.2 Å². The quantitative estimate of drug-likeness (QED) is 0.500. The van der Waals surface area contributed by atoms with Crippen molar-refractivity contribution < 1.29 is 0 Å². The second kappa shape index (κ2) is 8.16. The lowest BCUT2D eigenvalue weighted by Gasteiger charge is -2.09. The maximum Gasteiger partial charge on any atom is 0.111 e. The third-order valence-corrected chi connectivity index (χ3v) is 4.54. The highest BCUT2D eigenvalue weighted by atomic mass is 35.5. The zero-order valence-corrected chi connectivity index (χ0v) is 14.1. The highest BCUT2D eigenvalue weighted by Crippen LogP contribution is 2.25. The minimum Gasteiger partial charge on any atom is -0.327 e. The van der Waals surface area contributed by atoms with Crippen LogP contribution in [0.5, 0.6) is 0 Å². The Balaban J connectivity index is 2.17. The number of hydrogen-bond donors (Lipinski definition) is 0. The van der Waals surface area contributed by atoms with Crippen molar-refractivity contribution in [1.29, 1.82) is 0 Å². The van der Waals surface area contributed by atoms with Crippen LogP contribution in [0.25, 0.3) is 11.0 Å². The Labute approximate surface area is 134 Å². The Morgan fingerprint density at radius 1 is 1.25 bits per heavy atom. The molecule has 20 heavy (non-hydrogen) atoms. The molecule has 0 amide bonds.